The fourth-order valence-electron chi connectivity index (χ4n) is 5.38. The minimum Gasteiger partial charge on any atom is -0.462 e. The molecule has 0 aromatic carbocycles. The quantitative estimate of drug-likeness (QED) is 0.0145. The highest BCUT2D eigenvalue weighted by molar-refractivity contribution is 7.47. The molecule has 0 bridgehead atoms. The van der Waals surface area contributed by atoms with E-state index >= 15 is 0 Å². The fourth-order valence-corrected chi connectivity index (χ4v) is 6.54. The highest BCUT2D eigenvalue weighted by atomic mass is 31.2. The Morgan fingerprint density at radius 3 is 1.46 bits per heavy atom. The maximum Gasteiger partial charge on any atom is 0.472 e. The lowest BCUT2D eigenvalue weighted by Gasteiger charge is -2.20. The van der Waals surface area contributed by atoms with Crippen LogP contribution in [-0.4, -0.2) is 92.8 Å². The summed E-state index contributed by atoms with van der Waals surface area (Å²) in [6.07, 6.45) is 38.9. The lowest BCUT2D eigenvalue weighted by atomic mass is 10.0. The molecule has 0 aromatic heterocycles. The molecule has 0 radical (unpaired) electrons. The maximum absolute atomic E-state index is 12.7. The number of carbonyl (C=O) groups excluding carboxylic acids is 2. The zero-order chi connectivity index (χ0) is 46.9. The summed E-state index contributed by atoms with van der Waals surface area (Å²) in [6.45, 7) is 1.30. The Hall–Kier alpha value is -2.78. The van der Waals surface area contributed by atoms with Gasteiger partial charge in [-0.2, -0.15) is 0 Å². The van der Waals surface area contributed by atoms with Crippen LogP contribution in [-0.2, 0) is 41.8 Å². The van der Waals surface area contributed by atoms with E-state index in [4.69, 9.17) is 23.8 Å². The van der Waals surface area contributed by atoms with Crippen LogP contribution in [0.2, 0.25) is 0 Å². The number of unbranched alkanes of at least 4 members (excludes halogenated alkanes) is 7. The third-order valence-electron chi connectivity index (χ3n) is 8.95. The molecule has 362 valence electrons. The van der Waals surface area contributed by atoms with Gasteiger partial charge in [-0.05, 0) is 89.9 Å². The highest BCUT2D eigenvalue weighted by Crippen LogP contribution is 2.43. The van der Waals surface area contributed by atoms with Crippen molar-refractivity contribution in [1.29, 1.82) is 0 Å². The Bertz CT molecular complexity index is 1470. The molecule has 0 aliphatic heterocycles. The maximum atomic E-state index is 12.7. The smallest absolute Gasteiger partial charge is 0.462 e. The predicted octanol–water partition coefficient (Wildman–Crippen LogP) is 9.50. The normalized spacial score (nSPS) is 15.7. The molecule has 17 heteroatoms. The fraction of sp³-hybridized carbons (Fsp3) is 0.652. The number of ether oxygens (including phenoxy) is 2. The van der Waals surface area contributed by atoms with E-state index in [-0.39, 0.29) is 32.1 Å². The van der Waals surface area contributed by atoms with Crippen molar-refractivity contribution in [3.05, 3.63) is 85.1 Å². The predicted molar refractivity (Wildman–Crippen MR) is 246 cm³/mol. The van der Waals surface area contributed by atoms with Crippen molar-refractivity contribution in [2.75, 3.05) is 26.4 Å². The van der Waals surface area contributed by atoms with E-state index in [0.717, 1.165) is 38.5 Å². The summed E-state index contributed by atoms with van der Waals surface area (Å²) < 4.78 is 47.5. The van der Waals surface area contributed by atoms with Crippen LogP contribution in [0.1, 0.15) is 142 Å². The van der Waals surface area contributed by atoms with E-state index in [1.165, 1.54) is 38.5 Å². The van der Waals surface area contributed by atoms with E-state index in [9.17, 15) is 38.9 Å². The van der Waals surface area contributed by atoms with Crippen molar-refractivity contribution in [2.24, 2.45) is 0 Å². The number of esters is 2. The van der Waals surface area contributed by atoms with Gasteiger partial charge in [-0.1, -0.05) is 125 Å². The Balaban J connectivity index is 4.84. The lowest BCUT2D eigenvalue weighted by molar-refractivity contribution is -0.161. The summed E-state index contributed by atoms with van der Waals surface area (Å²) in [5.41, 5.74) is 0. The van der Waals surface area contributed by atoms with Crippen molar-refractivity contribution in [3.63, 3.8) is 0 Å². The molecule has 0 aliphatic carbocycles. The number of aliphatic hydroxyl groups excluding tert-OH is 3. The van der Waals surface area contributed by atoms with E-state index in [0.29, 0.717) is 19.3 Å². The SMILES string of the molecule is CCCCC/C=C\C/C=C\C/C=C\C/C=C\CCCC(=O)O[C@H](COC(=O)CCCC(O)C(O)C/C=C\C/C=C\C/C=C\CCCCC)COP(=O)(O)OC[C@@H](O)COP(=O)(O)O. The molecule has 3 unspecified atom stereocenters. The molecule has 0 saturated carbocycles. The van der Waals surface area contributed by atoms with Gasteiger partial charge >= 0.3 is 27.6 Å². The molecule has 63 heavy (non-hydrogen) atoms. The number of hydrogen-bond acceptors (Lipinski definition) is 12. The van der Waals surface area contributed by atoms with E-state index in [1.807, 2.05) is 24.3 Å². The molecule has 5 atom stereocenters. The van der Waals surface area contributed by atoms with Gasteiger partial charge in [0.1, 0.15) is 12.7 Å². The molecule has 0 saturated heterocycles. The number of phosphoric acid groups is 2. The summed E-state index contributed by atoms with van der Waals surface area (Å²) in [5.74, 6) is -1.39. The zero-order valence-electron chi connectivity index (χ0n) is 37.6. The van der Waals surface area contributed by atoms with Gasteiger partial charge in [0, 0.05) is 12.8 Å². The third-order valence-corrected chi connectivity index (χ3v) is 10.4. The molecule has 0 aromatic rings. The van der Waals surface area contributed by atoms with Gasteiger partial charge in [-0.3, -0.25) is 23.2 Å². The molecule has 0 spiro atoms. The highest BCUT2D eigenvalue weighted by Gasteiger charge is 2.28. The van der Waals surface area contributed by atoms with E-state index in [2.05, 4.69) is 77.6 Å². The number of aliphatic hydroxyl groups is 3. The van der Waals surface area contributed by atoms with Crippen LogP contribution in [0.25, 0.3) is 0 Å². The summed E-state index contributed by atoms with van der Waals surface area (Å²) in [7, 11) is -9.80. The summed E-state index contributed by atoms with van der Waals surface area (Å²) in [5, 5.41) is 30.4. The minimum absolute atomic E-state index is 0.00945. The second kappa shape index (κ2) is 40.7. The van der Waals surface area contributed by atoms with Gasteiger partial charge in [0.2, 0.25) is 0 Å². The number of hydrogen-bond donors (Lipinski definition) is 6. The molecule has 0 heterocycles. The number of allylic oxidation sites excluding steroid dienone is 13. The molecule has 0 amide bonds. The third kappa shape index (κ3) is 42.9. The lowest BCUT2D eigenvalue weighted by Crippen LogP contribution is -2.30. The first-order chi connectivity index (χ1) is 30.2. The molecule has 6 N–H and O–H groups in total. The van der Waals surface area contributed by atoms with Crippen molar-refractivity contribution >= 4 is 27.6 Å². The van der Waals surface area contributed by atoms with Crippen LogP contribution in [0.4, 0.5) is 0 Å². The zero-order valence-corrected chi connectivity index (χ0v) is 39.4. The van der Waals surface area contributed by atoms with Gasteiger partial charge in [-0.15, -0.1) is 0 Å². The molecule has 0 fully saturated rings. The van der Waals surface area contributed by atoms with Crippen LogP contribution in [0, 0.1) is 0 Å². The Morgan fingerprint density at radius 1 is 0.508 bits per heavy atom. The standard InChI is InChI=1S/C46H78O15P2/c1-3-5-7-9-11-13-15-17-18-19-20-21-23-25-27-29-31-35-46(51)61-42(40-60-63(55,56)59-38-41(47)37-58-62(52,53)54)39-57-45(50)36-32-34-44(49)43(48)33-30-28-26-24-22-16-14-12-10-8-6-4-2/h11-14,17-18,20-22,24-25,27-28,30,41-44,47-49H,3-10,15-16,19,23,26,29,31-40H2,1-2H3,(H,55,56)(H2,52,53,54)/b13-11-,14-12-,18-17-,21-20-,24-22-,27-25-,30-28-/t41-,42+,43?,44?/m0/s1. The summed E-state index contributed by atoms with van der Waals surface area (Å²) in [4.78, 5) is 52.8. The second-order valence-corrected chi connectivity index (χ2v) is 17.6. The number of carbonyl (C=O) groups is 2. The number of rotatable bonds is 41. The summed E-state index contributed by atoms with van der Waals surface area (Å²) in [6, 6.07) is 0. The Morgan fingerprint density at radius 2 is 0.952 bits per heavy atom. The minimum atomic E-state index is -4.90. The topological polar surface area (TPSA) is 236 Å². The Kier molecular flexibility index (Phi) is 38.9. The van der Waals surface area contributed by atoms with Crippen LogP contribution < -0.4 is 0 Å². The van der Waals surface area contributed by atoms with Crippen molar-refractivity contribution in [3.8, 4) is 0 Å². The first-order valence-electron chi connectivity index (χ1n) is 22.4. The molecular weight excluding hydrogens is 854 g/mol. The van der Waals surface area contributed by atoms with Gasteiger partial charge in [-0.25, -0.2) is 9.13 Å². The molecule has 0 aliphatic rings. The largest absolute Gasteiger partial charge is 0.472 e. The van der Waals surface area contributed by atoms with Crippen molar-refractivity contribution in [1.82, 2.24) is 0 Å². The Labute approximate surface area is 376 Å². The monoisotopic (exact) mass is 932 g/mol. The van der Waals surface area contributed by atoms with Crippen molar-refractivity contribution in [2.45, 2.75) is 167 Å². The van der Waals surface area contributed by atoms with Crippen LogP contribution in [0.15, 0.2) is 85.1 Å². The summed E-state index contributed by atoms with van der Waals surface area (Å²) >= 11 is 0. The van der Waals surface area contributed by atoms with Gasteiger partial charge in [0.05, 0.1) is 32.0 Å². The average molecular weight is 933 g/mol. The van der Waals surface area contributed by atoms with E-state index in [1.54, 1.807) is 6.08 Å². The molecule has 15 nitrogen and oxygen atoms in total. The average Bonchev–Trinajstić information content (AvgIpc) is 3.24. The van der Waals surface area contributed by atoms with Gasteiger partial charge in [0.15, 0.2) is 6.10 Å². The van der Waals surface area contributed by atoms with Crippen LogP contribution in [0.5, 0.6) is 0 Å². The first-order valence-corrected chi connectivity index (χ1v) is 25.5. The van der Waals surface area contributed by atoms with Crippen LogP contribution in [0.3, 0.4) is 0 Å². The second-order valence-electron chi connectivity index (χ2n) is 14.9. The van der Waals surface area contributed by atoms with Gasteiger partial charge < -0.3 is 39.5 Å². The first kappa shape index (κ1) is 60.2. The van der Waals surface area contributed by atoms with E-state index < -0.39 is 78.4 Å². The number of phosphoric ester groups is 2. The molecular formula is C46H78O15P2. The molecule has 0 rings (SSSR count). The van der Waals surface area contributed by atoms with Crippen LogP contribution >= 0.6 is 15.6 Å². The van der Waals surface area contributed by atoms with Crippen molar-refractivity contribution < 1.29 is 71.8 Å². The van der Waals surface area contributed by atoms with Gasteiger partial charge in [0.25, 0.3) is 0 Å².